The van der Waals surface area contributed by atoms with Crippen molar-refractivity contribution in [1.82, 2.24) is 15.3 Å². The summed E-state index contributed by atoms with van der Waals surface area (Å²) >= 11 is 7.91. The summed E-state index contributed by atoms with van der Waals surface area (Å²) < 4.78 is 24.8. The number of rotatable bonds is 7. The molecule has 0 spiro atoms. The molecule has 6 nitrogen and oxygen atoms in total. The van der Waals surface area contributed by atoms with E-state index in [2.05, 4.69) is 32.4 Å². The van der Waals surface area contributed by atoms with Gasteiger partial charge in [-0.3, -0.25) is 0 Å². The first-order valence-corrected chi connectivity index (χ1v) is 12.2. The molecule has 0 atom stereocenters. The Bertz CT molecular complexity index is 1590. The zero-order chi connectivity index (χ0) is 24.9. The summed E-state index contributed by atoms with van der Waals surface area (Å²) in [4.78, 5) is 10.4. The second kappa shape index (κ2) is 10.8. The molecule has 3 aromatic heterocycles. The fraction of sp³-hybridized carbons (Fsp3) is 0.111. The van der Waals surface area contributed by atoms with E-state index in [0.29, 0.717) is 28.9 Å². The minimum Gasteiger partial charge on any atom is -0.487 e. The predicted molar refractivity (Wildman–Crippen MR) is 140 cm³/mol. The second-order valence-corrected chi connectivity index (χ2v) is 9.22. The number of fused-ring (bicyclic) bond motifs is 1. The molecule has 2 N–H and O–H groups in total. The van der Waals surface area contributed by atoms with E-state index in [1.165, 1.54) is 29.8 Å². The van der Waals surface area contributed by atoms with Crippen LogP contribution in [0.4, 0.5) is 15.9 Å². The van der Waals surface area contributed by atoms with Crippen LogP contribution in [-0.2, 0) is 13.2 Å². The molecule has 0 unspecified atom stereocenters. The quantitative estimate of drug-likeness (QED) is 0.239. The number of nitrogens with zero attached hydrogens (tertiary/aromatic N) is 2. The predicted octanol–water partition coefficient (Wildman–Crippen LogP) is 6.52. The van der Waals surface area contributed by atoms with Crippen molar-refractivity contribution in [3.05, 3.63) is 99.8 Å². The molecule has 0 aliphatic heterocycles. The van der Waals surface area contributed by atoms with Gasteiger partial charge in [0.25, 0.3) is 0 Å². The first-order valence-electron chi connectivity index (χ1n) is 11.0. The van der Waals surface area contributed by atoms with Gasteiger partial charge in [0.15, 0.2) is 5.76 Å². The SMILES string of the molecule is CNCc1ccc(C#Cc2cc3c(Nc4ccc(OCc5cccc(F)c5)c(Cl)c4)ncnc3s2)o1. The molecular formula is C27H20ClFN4O2S. The highest BCUT2D eigenvalue weighted by Gasteiger charge is 2.10. The molecule has 0 amide bonds. The Morgan fingerprint density at radius 1 is 1.08 bits per heavy atom. The Hall–Kier alpha value is -3.90. The van der Waals surface area contributed by atoms with Crippen LogP contribution in [0, 0.1) is 17.7 Å². The summed E-state index contributed by atoms with van der Waals surface area (Å²) in [6.45, 7) is 0.865. The number of aromatic nitrogens is 2. The third-order valence-electron chi connectivity index (χ3n) is 5.13. The molecule has 9 heteroatoms. The van der Waals surface area contributed by atoms with Crippen molar-refractivity contribution in [1.29, 1.82) is 0 Å². The van der Waals surface area contributed by atoms with Crippen LogP contribution in [0.15, 0.2) is 71.4 Å². The van der Waals surface area contributed by atoms with Crippen LogP contribution in [0.25, 0.3) is 10.2 Å². The van der Waals surface area contributed by atoms with Gasteiger partial charge in [0, 0.05) is 5.69 Å². The van der Waals surface area contributed by atoms with Crippen molar-refractivity contribution in [3.63, 3.8) is 0 Å². The molecule has 0 saturated carbocycles. The molecule has 0 fully saturated rings. The minimum atomic E-state index is -0.305. The van der Waals surface area contributed by atoms with E-state index < -0.39 is 0 Å². The van der Waals surface area contributed by atoms with Gasteiger partial charge in [0.1, 0.15) is 40.9 Å². The van der Waals surface area contributed by atoms with Crippen LogP contribution in [0.5, 0.6) is 5.75 Å². The summed E-state index contributed by atoms with van der Waals surface area (Å²) in [5.74, 6) is 8.48. The highest BCUT2D eigenvalue weighted by atomic mass is 35.5. The normalized spacial score (nSPS) is 10.8. The Labute approximate surface area is 216 Å². The summed E-state index contributed by atoms with van der Waals surface area (Å²) in [6, 6.07) is 17.3. The third-order valence-corrected chi connectivity index (χ3v) is 6.38. The molecule has 0 radical (unpaired) electrons. The summed E-state index contributed by atoms with van der Waals surface area (Å²) in [6.07, 6.45) is 1.51. The molecule has 0 aliphatic rings. The fourth-order valence-corrected chi connectivity index (χ4v) is 4.56. The zero-order valence-corrected chi connectivity index (χ0v) is 20.7. The van der Waals surface area contributed by atoms with Gasteiger partial charge in [0.2, 0.25) is 0 Å². The maximum atomic E-state index is 13.4. The van der Waals surface area contributed by atoms with Gasteiger partial charge in [-0.15, -0.1) is 11.3 Å². The lowest BCUT2D eigenvalue weighted by Gasteiger charge is -2.11. The van der Waals surface area contributed by atoms with Crippen LogP contribution in [0.3, 0.4) is 0 Å². The number of thiophene rings is 1. The topological polar surface area (TPSA) is 72.2 Å². The summed E-state index contributed by atoms with van der Waals surface area (Å²) in [5, 5.41) is 7.62. The average Bonchev–Trinajstić information content (AvgIpc) is 3.50. The largest absolute Gasteiger partial charge is 0.487 e. The maximum Gasteiger partial charge on any atom is 0.177 e. The molecule has 0 saturated heterocycles. The van der Waals surface area contributed by atoms with Gasteiger partial charge in [-0.25, -0.2) is 14.4 Å². The van der Waals surface area contributed by atoms with Crippen molar-refractivity contribution >= 4 is 44.7 Å². The standard InChI is InChI=1S/C27H20ClFN4O2S/c1-30-14-21-7-6-20(35-21)8-9-22-13-23-26(31-16-32-27(23)36-22)33-19-5-10-25(24(28)12-19)34-15-17-3-2-4-18(29)11-17/h2-7,10-13,16,30H,14-15H2,1H3,(H,31,32,33). The van der Waals surface area contributed by atoms with Gasteiger partial charge in [-0.1, -0.05) is 23.7 Å². The highest BCUT2D eigenvalue weighted by Crippen LogP contribution is 2.33. The van der Waals surface area contributed by atoms with E-state index in [-0.39, 0.29) is 12.4 Å². The van der Waals surface area contributed by atoms with Crippen LogP contribution in [-0.4, -0.2) is 17.0 Å². The van der Waals surface area contributed by atoms with Gasteiger partial charge in [-0.2, -0.15) is 0 Å². The van der Waals surface area contributed by atoms with E-state index in [0.717, 1.165) is 32.1 Å². The van der Waals surface area contributed by atoms with Crippen LogP contribution in [0.1, 0.15) is 22.0 Å². The number of hydrogen-bond donors (Lipinski definition) is 2. The van der Waals surface area contributed by atoms with Crippen molar-refractivity contribution in [3.8, 4) is 17.6 Å². The van der Waals surface area contributed by atoms with Crippen molar-refractivity contribution in [2.75, 3.05) is 12.4 Å². The lowest BCUT2D eigenvalue weighted by Crippen LogP contribution is -2.03. The molecule has 0 aliphatic carbocycles. The van der Waals surface area contributed by atoms with Crippen LogP contribution >= 0.6 is 22.9 Å². The number of halogens is 2. The minimum absolute atomic E-state index is 0.213. The molecule has 180 valence electrons. The number of benzene rings is 2. The second-order valence-electron chi connectivity index (χ2n) is 7.79. The molecule has 36 heavy (non-hydrogen) atoms. The third kappa shape index (κ3) is 5.66. The maximum absolute atomic E-state index is 13.4. The van der Waals surface area contributed by atoms with Gasteiger partial charge in [-0.05, 0) is 73.0 Å². The van der Waals surface area contributed by atoms with E-state index in [9.17, 15) is 4.39 Å². The average molecular weight is 519 g/mol. The van der Waals surface area contributed by atoms with Crippen LogP contribution < -0.4 is 15.4 Å². The van der Waals surface area contributed by atoms with Gasteiger partial charge in [0.05, 0.1) is 21.8 Å². The Morgan fingerprint density at radius 3 is 2.83 bits per heavy atom. The molecule has 0 bridgehead atoms. The smallest absolute Gasteiger partial charge is 0.177 e. The molecule has 5 rings (SSSR count). The Balaban J connectivity index is 1.31. The van der Waals surface area contributed by atoms with Gasteiger partial charge >= 0.3 is 0 Å². The number of ether oxygens (including phenoxy) is 1. The lowest BCUT2D eigenvalue weighted by atomic mass is 10.2. The van der Waals surface area contributed by atoms with Crippen molar-refractivity contribution in [2.24, 2.45) is 0 Å². The lowest BCUT2D eigenvalue weighted by molar-refractivity contribution is 0.306. The number of furan rings is 1. The number of nitrogens with one attached hydrogen (secondary N) is 2. The van der Waals surface area contributed by atoms with Crippen LogP contribution in [0.2, 0.25) is 5.02 Å². The first-order chi connectivity index (χ1) is 17.6. The first kappa shape index (κ1) is 23.8. The highest BCUT2D eigenvalue weighted by molar-refractivity contribution is 7.19. The number of anilines is 2. The zero-order valence-electron chi connectivity index (χ0n) is 19.1. The van der Waals surface area contributed by atoms with E-state index in [4.69, 9.17) is 20.8 Å². The van der Waals surface area contributed by atoms with Gasteiger partial charge < -0.3 is 19.8 Å². The molecule has 3 heterocycles. The Kier molecular flexibility index (Phi) is 7.14. The molecule has 2 aromatic carbocycles. The van der Waals surface area contributed by atoms with E-state index in [1.54, 1.807) is 24.3 Å². The van der Waals surface area contributed by atoms with E-state index >= 15 is 0 Å². The summed E-state index contributed by atoms with van der Waals surface area (Å²) in [7, 11) is 1.86. The molecule has 5 aromatic rings. The Morgan fingerprint density at radius 2 is 2.00 bits per heavy atom. The fourth-order valence-electron chi connectivity index (χ4n) is 3.47. The van der Waals surface area contributed by atoms with E-state index in [1.807, 2.05) is 31.3 Å². The van der Waals surface area contributed by atoms with Crippen molar-refractivity contribution in [2.45, 2.75) is 13.2 Å². The number of hydrogen-bond acceptors (Lipinski definition) is 7. The summed E-state index contributed by atoms with van der Waals surface area (Å²) in [5.41, 5.74) is 1.46. The molecular weight excluding hydrogens is 499 g/mol. The monoisotopic (exact) mass is 518 g/mol. The van der Waals surface area contributed by atoms with Crippen molar-refractivity contribution < 1.29 is 13.5 Å².